The summed E-state index contributed by atoms with van der Waals surface area (Å²) in [6.45, 7) is 5.22. The molecule has 1 heterocycles. The summed E-state index contributed by atoms with van der Waals surface area (Å²) in [7, 11) is 0. The number of carbonyl (C=O) groups excluding carboxylic acids is 1. The Balaban J connectivity index is 2.17. The van der Waals surface area contributed by atoms with Crippen LogP contribution in [0.5, 0.6) is 0 Å². The molecule has 102 valence electrons. The summed E-state index contributed by atoms with van der Waals surface area (Å²) in [5.74, 6) is -1.45. The van der Waals surface area contributed by atoms with Crippen molar-refractivity contribution in [3.05, 3.63) is 0 Å². The molecule has 6 nitrogen and oxygen atoms in total. The molecule has 18 heavy (non-hydrogen) atoms. The summed E-state index contributed by atoms with van der Waals surface area (Å²) in [5, 5.41) is 18.9. The van der Waals surface area contributed by atoms with Crippen molar-refractivity contribution < 1.29 is 24.5 Å². The number of hydrogen-bond donors (Lipinski definition) is 2. The van der Waals surface area contributed by atoms with E-state index in [1.807, 2.05) is 0 Å². The third-order valence-corrected chi connectivity index (χ3v) is 3.51. The lowest BCUT2D eigenvalue weighted by Crippen LogP contribution is -2.53. The second-order valence-electron chi connectivity index (χ2n) is 6.03. The number of carbonyl (C=O) groups is 2. The predicted octanol–water partition coefficient (Wildman–Crippen LogP) is 0.830. The van der Waals surface area contributed by atoms with Crippen LogP contribution in [0.25, 0.3) is 0 Å². The van der Waals surface area contributed by atoms with Crippen molar-refractivity contribution in [2.75, 3.05) is 0 Å². The summed E-state index contributed by atoms with van der Waals surface area (Å²) in [6, 6.07) is -1.19. The lowest BCUT2D eigenvalue weighted by Gasteiger charge is -2.35. The van der Waals surface area contributed by atoms with Crippen LogP contribution < -0.4 is 0 Å². The third kappa shape index (κ3) is 2.16. The molecule has 0 aromatic rings. The predicted molar refractivity (Wildman–Crippen MR) is 62.0 cm³/mol. The quantitative estimate of drug-likeness (QED) is 0.726. The van der Waals surface area contributed by atoms with Crippen molar-refractivity contribution in [3.63, 3.8) is 0 Å². The molecular weight excluding hydrogens is 238 g/mol. The van der Waals surface area contributed by atoms with E-state index in [2.05, 4.69) is 0 Å². The minimum atomic E-state index is -1.08. The van der Waals surface area contributed by atoms with Gasteiger partial charge in [-0.05, 0) is 33.6 Å². The van der Waals surface area contributed by atoms with E-state index in [9.17, 15) is 19.8 Å². The normalized spacial score (nSPS) is 34.8. The molecule has 0 aromatic carbocycles. The van der Waals surface area contributed by atoms with Crippen LogP contribution in [0.1, 0.15) is 33.6 Å². The Hall–Kier alpha value is -1.30. The Labute approximate surface area is 106 Å². The van der Waals surface area contributed by atoms with Crippen molar-refractivity contribution in [1.82, 2.24) is 4.90 Å². The topological polar surface area (TPSA) is 87.1 Å². The van der Waals surface area contributed by atoms with Gasteiger partial charge in [-0.15, -0.1) is 0 Å². The first-order valence-electron chi connectivity index (χ1n) is 6.13. The Morgan fingerprint density at radius 2 is 1.89 bits per heavy atom. The number of aliphatic hydroxyl groups excluding tert-OH is 1. The molecule has 0 spiro atoms. The van der Waals surface area contributed by atoms with Crippen LogP contribution in [0.3, 0.4) is 0 Å². The second-order valence-corrected chi connectivity index (χ2v) is 6.03. The molecule has 2 N–H and O–H groups in total. The Morgan fingerprint density at radius 3 is 2.39 bits per heavy atom. The van der Waals surface area contributed by atoms with Crippen molar-refractivity contribution in [2.24, 2.45) is 5.92 Å². The number of nitrogens with zero attached hydrogens (tertiary/aromatic N) is 1. The lowest BCUT2D eigenvalue weighted by atomic mass is 9.96. The van der Waals surface area contributed by atoms with Crippen LogP contribution in [-0.2, 0) is 9.53 Å². The van der Waals surface area contributed by atoms with E-state index in [1.165, 1.54) is 4.90 Å². The number of rotatable bonds is 1. The Morgan fingerprint density at radius 1 is 1.28 bits per heavy atom. The van der Waals surface area contributed by atoms with Gasteiger partial charge < -0.3 is 14.9 Å². The zero-order chi connectivity index (χ0) is 13.7. The number of carboxylic acid groups (broad SMARTS) is 1. The first-order chi connectivity index (χ1) is 8.20. The first-order valence-corrected chi connectivity index (χ1v) is 6.13. The average Bonchev–Trinajstić information content (AvgIpc) is 2.69. The Kier molecular flexibility index (Phi) is 3.01. The molecule has 1 aliphatic carbocycles. The van der Waals surface area contributed by atoms with Crippen molar-refractivity contribution >= 4 is 12.1 Å². The van der Waals surface area contributed by atoms with Gasteiger partial charge in [0.15, 0.2) is 0 Å². The summed E-state index contributed by atoms with van der Waals surface area (Å²) < 4.78 is 5.23. The number of aliphatic carboxylic acids is 1. The fourth-order valence-electron chi connectivity index (χ4n) is 2.90. The number of likely N-dealkylation sites (tertiary alicyclic amines) is 1. The summed E-state index contributed by atoms with van der Waals surface area (Å²) in [5.41, 5.74) is -0.652. The van der Waals surface area contributed by atoms with Gasteiger partial charge in [-0.3, -0.25) is 4.90 Å². The van der Waals surface area contributed by atoms with E-state index < -0.39 is 29.8 Å². The standard InChI is InChI=1S/C12H19NO5/c1-12(2,3)18-11(17)13-6-4-7(8(14)5-6)9(13)10(15)16/h6-9,14H,4-5H2,1-3H3,(H,15,16)/t6-,7-,8+,9+/m1/s1. The van der Waals surface area contributed by atoms with Crippen LogP contribution in [0.2, 0.25) is 0 Å². The zero-order valence-corrected chi connectivity index (χ0v) is 10.8. The van der Waals surface area contributed by atoms with Crippen molar-refractivity contribution in [3.8, 4) is 0 Å². The van der Waals surface area contributed by atoms with Gasteiger partial charge in [-0.25, -0.2) is 9.59 Å². The molecule has 0 unspecified atom stereocenters. The molecule has 2 rings (SSSR count). The monoisotopic (exact) mass is 257 g/mol. The SMILES string of the molecule is CC(C)(C)OC(=O)N1[C@@H]2C[C@@H]([C@H]1C(=O)O)[C@@H](O)C2. The van der Waals surface area contributed by atoms with Crippen LogP contribution in [0, 0.1) is 5.92 Å². The van der Waals surface area contributed by atoms with E-state index >= 15 is 0 Å². The van der Waals surface area contributed by atoms with Gasteiger partial charge in [0.2, 0.25) is 0 Å². The van der Waals surface area contributed by atoms with Gasteiger partial charge in [0.1, 0.15) is 11.6 Å². The van der Waals surface area contributed by atoms with Gasteiger partial charge in [-0.1, -0.05) is 0 Å². The fourth-order valence-corrected chi connectivity index (χ4v) is 2.90. The van der Waals surface area contributed by atoms with E-state index in [4.69, 9.17) is 4.74 Å². The molecule has 1 aliphatic heterocycles. The molecule has 2 bridgehead atoms. The number of aliphatic hydroxyl groups is 1. The smallest absolute Gasteiger partial charge is 0.411 e. The molecule has 2 fully saturated rings. The number of amides is 1. The highest BCUT2D eigenvalue weighted by atomic mass is 16.6. The fraction of sp³-hybridized carbons (Fsp3) is 0.833. The first kappa shape index (κ1) is 13.1. The molecule has 1 saturated heterocycles. The molecule has 0 aromatic heterocycles. The summed E-state index contributed by atoms with van der Waals surface area (Å²) >= 11 is 0. The molecule has 2 aliphatic rings. The number of carboxylic acids is 1. The maximum atomic E-state index is 12.0. The van der Waals surface area contributed by atoms with E-state index in [0.717, 1.165) is 0 Å². The molecular formula is C12H19NO5. The summed E-state index contributed by atoms with van der Waals surface area (Å²) in [4.78, 5) is 24.6. The van der Waals surface area contributed by atoms with Gasteiger partial charge in [-0.2, -0.15) is 0 Å². The minimum Gasteiger partial charge on any atom is -0.480 e. The van der Waals surface area contributed by atoms with Gasteiger partial charge in [0.25, 0.3) is 0 Å². The third-order valence-electron chi connectivity index (χ3n) is 3.51. The van der Waals surface area contributed by atoms with Gasteiger partial charge >= 0.3 is 12.1 Å². The summed E-state index contributed by atoms with van der Waals surface area (Å²) in [6.07, 6.45) is -0.255. The Bertz CT molecular complexity index is 375. The van der Waals surface area contributed by atoms with Crippen LogP contribution in [0.15, 0.2) is 0 Å². The zero-order valence-electron chi connectivity index (χ0n) is 10.8. The van der Waals surface area contributed by atoms with E-state index in [-0.39, 0.29) is 12.0 Å². The van der Waals surface area contributed by atoms with E-state index in [1.54, 1.807) is 20.8 Å². The van der Waals surface area contributed by atoms with Gasteiger partial charge in [0.05, 0.1) is 6.10 Å². The highest BCUT2D eigenvalue weighted by molar-refractivity contribution is 5.82. The molecule has 4 atom stereocenters. The minimum absolute atomic E-state index is 0.221. The van der Waals surface area contributed by atoms with Crippen molar-refractivity contribution in [2.45, 2.75) is 57.4 Å². The maximum absolute atomic E-state index is 12.0. The van der Waals surface area contributed by atoms with Crippen molar-refractivity contribution in [1.29, 1.82) is 0 Å². The molecule has 0 radical (unpaired) electrons. The maximum Gasteiger partial charge on any atom is 0.411 e. The number of fused-ring (bicyclic) bond motifs is 2. The van der Waals surface area contributed by atoms with E-state index in [0.29, 0.717) is 12.8 Å². The highest BCUT2D eigenvalue weighted by Crippen LogP contribution is 2.43. The number of ether oxygens (including phenoxy) is 1. The largest absolute Gasteiger partial charge is 0.480 e. The van der Waals surface area contributed by atoms with Crippen LogP contribution in [-0.4, -0.2) is 51.0 Å². The van der Waals surface area contributed by atoms with Crippen LogP contribution >= 0.6 is 0 Å². The average molecular weight is 257 g/mol. The second kappa shape index (κ2) is 4.12. The van der Waals surface area contributed by atoms with Gasteiger partial charge in [0, 0.05) is 12.0 Å². The number of hydrogen-bond acceptors (Lipinski definition) is 4. The highest BCUT2D eigenvalue weighted by Gasteiger charge is 2.56. The number of piperidine rings is 1. The molecule has 1 amide bonds. The molecule has 1 saturated carbocycles. The molecule has 6 heteroatoms. The lowest BCUT2D eigenvalue weighted by molar-refractivity contribution is -0.147. The van der Waals surface area contributed by atoms with Crippen LogP contribution in [0.4, 0.5) is 4.79 Å².